The molecule has 1 aliphatic rings. The van der Waals surface area contributed by atoms with Crippen molar-refractivity contribution >= 4 is 33.0 Å². The molecule has 11 heteroatoms. The smallest absolute Gasteiger partial charge is 0.308 e. The summed E-state index contributed by atoms with van der Waals surface area (Å²) in [6, 6.07) is 7.58. The van der Waals surface area contributed by atoms with E-state index in [1.54, 1.807) is 31.2 Å². The van der Waals surface area contributed by atoms with Crippen molar-refractivity contribution in [2.75, 3.05) is 30.0 Å². The molecule has 0 radical (unpaired) electrons. The van der Waals surface area contributed by atoms with E-state index in [0.29, 0.717) is 23.4 Å². The van der Waals surface area contributed by atoms with E-state index in [1.807, 2.05) is 11.5 Å². The minimum atomic E-state index is -3.06. The average molecular weight is 464 g/mol. The van der Waals surface area contributed by atoms with E-state index < -0.39 is 27.3 Å². The number of hydrogen-bond donors (Lipinski definition) is 1. The first kappa shape index (κ1) is 23.5. The third-order valence-corrected chi connectivity index (χ3v) is 7.22. The lowest BCUT2D eigenvalue weighted by Gasteiger charge is -2.16. The lowest BCUT2D eigenvalue weighted by atomic mass is 10.1. The molecule has 1 atom stereocenters. The van der Waals surface area contributed by atoms with Gasteiger partial charge in [0.05, 0.1) is 22.8 Å². The number of aryl methyl sites for hydroxylation is 1. The SMILES string of the molecule is Cc1cc(C(=O)COC(=O)CCNc2ccccc2[N+](=O)[O-])c(C)n1C1CCS(=O)(=O)C1. The Morgan fingerprint density at radius 1 is 1.28 bits per heavy atom. The van der Waals surface area contributed by atoms with Crippen molar-refractivity contribution in [2.24, 2.45) is 0 Å². The van der Waals surface area contributed by atoms with Crippen molar-refractivity contribution in [3.63, 3.8) is 0 Å². The third-order valence-electron chi connectivity index (χ3n) is 5.47. The summed E-state index contributed by atoms with van der Waals surface area (Å²) in [5.41, 5.74) is 2.04. The monoisotopic (exact) mass is 463 g/mol. The van der Waals surface area contributed by atoms with Gasteiger partial charge in [0.2, 0.25) is 5.78 Å². The fourth-order valence-electron chi connectivity index (χ4n) is 3.98. The Balaban J connectivity index is 1.53. The molecule has 172 valence electrons. The largest absolute Gasteiger partial charge is 0.457 e. The van der Waals surface area contributed by atoms with Gasteiger partial charge in [-0.2, -0.15) is 0 Å². The van der Waals surface area contributed by atoms with Crippen molar-refractivity contribution in [2.45, 2.75) is 32.7 Å². The number of carbonyl (C=O) groups is 2. The third kappa shape index (κ3) is 5.34. The van der Waals surface area contributed by atoms with Gasteiger partial charge in [-0.05, 0) is 32.4 Å². The van der Waals surface area contributed by atoms with E-state index >= 15 is 0 Å². The number of hydrogen-bond acceptors (Lipinski definition) is 8. The van der Waals surface area contributed by atoms with Crippen molar-refractivity contribution in [3.05, 3.63) is 57.4 Å². The fourth-order valence-corrected chi connectivity index (χ4v) is 5.68. The second-order valence-electron chi connectivity index (χ2n) is 7.75. The summed E-state index contributed by atoms with van der Waals surface area (Å²) < 4.78 is 30.6. The molecule has 1 fully saturated rings. The molecule has 0 bridgehead atoms. The second kappa shape index (κ2) is 9.51. The maximum Gasteiger partial charge on any atom is 0.308 e. The summed E-state index contributed by atoms with van der Waals surface area (Å²) in [5.74, 6) is -0.792. The van der Waals surface area contributed by atoms with Crippen molar-refractivity contribution in [1.82, 2.24) is 4.57 Å². The summed E-state index contributed by atoms with van der Waals surface area (Å²) in [6.45, 7) is 3.25. The summed E-state index contributed by atoms with van der Waals surface area (Å²) >= 11 is 0. The zero-order chi connectivity index (χ0) is 23.5. The standard InChI is InChI=1S/C21H25N3O7S/c1-14-11-17(15(2)23(14)16-8-10-32(29,30)13-16)20(25)12-31-21(26)7-9-22-18-5-3-4-6-19(18)24(27)28/h3-6,11,16,22H,7-10,12-13H2,1-2H3. The molecular formula is C21H25N3O7S. The van der Waals surface area contributed by atoms with Gasteiger partial charge >= 0.3 is 5.97 Å². The number of nitro groups is 1. The van der Waals surface area contributed by atoms with Crippen LogP contribution in [0.4, 0.5) is 11.4 Å². The number of sulfone groups is 1. The fraction of sp³-hybridized carbons (Fsp3) is 0.429. The molecule has 0 amide bonds. The quantitative estimate of drug-likeness (QED) is 0.259. The Morgan fingerprint density at radius 2 is 2.00 bits per heavy atom. The number of aromatic nitrogens is 1. The zero-order valence-corrected chi connectivity index (χ0v) is 18.7. The Bertz CT molecular complexity index is 1150. The topological polar surface area (TPSA) is 138 Å². The second-order valence-corrected chi connectivity index (χ2v) is 9.98. The molecule has 0 aliphatic carbocycles. The van der Waals surface area contributed by atoms with E-state index in [1.165, 1.54) is 6.07 Å². The highest BCUT2D eigenvalue weighted by atomic mass is 32.2. The van der Waals surface area contributed by atoms with Gasteiger partial charge in [-0.15, -0.1) is 0 Å². The predicted molar refractivity (Wildman–Crippen MR) is 118 cm³/mol. The lowest BCUT2D eigenvalue weighted by molar-refractivity contribution is -0.384. The van der Waals surface area contributed by atoms with Gasteiger partial charge < -0.3 is 14.6 Å². The number of ether oxygens (including phenoxy) is 1. The molecule has 1 unspecified atom stereocenters. The van der Waals surface area contributed by atoms with Crippen molar-refractivity contribution in [3.8, 4) is 0 Å². The number of para-hydroxylation sites is 2. The van der Waals surface area contributed by atoms with Crippen LogP contribution in [0.25, 0.3) is 0 Å². The van der Waals surface area contributed by atoms with Crippen LogP contribution in [0, 0.1) is 24.0 Å². The van der Waals surface area contributed by atoms with E-state index in [9.17, 15) is 28.1 Å². The Hall–Kier alpha value is -3.21. The van der Waals surface area contributed by atoms with Crippen LogP contribution < -0.4 is 5.32 Å². The molecule has 2 aromatic rings. The van der Waals surface area contributed by atoms with Crippen molar-refractivity contribution < 1.29 is 27.7 Å². The van der Waals surface area contributed by atoms with Gasteiger partial charge in [-0.25, -0.2) is 8.42 Å². The number of nitro benzene ring substituents is 1. The molecule has 0 spiro atoms. The molecule has 1 aromatic heterocycles. The Labute approximate surface area is 185 Å². The van der Waals surface area contributed by atoms with Crippen molar-refractivity contribution in [1.29, 1.82) is 0 Å². The highest BCUT2D eigenvalue weighted by Crippen LogP contribution is 2.29. The summed E-state index contributed by atoms with van der Waals surface area (Å²) in [4.78, 5) is 35.1. The molecule has 3 rings (SSSR count). The van der Waals surface area contributed by atoms with E-state index in [0.717, 1.165) is 5.69 Å². The van der Waals surface area contributed by atoms with Crippen LogP contribution >= 0.6 is 0 Å². The first-order chi connectivity index (χ1) is 15.1. The van der Waals surface area contributed by atoms with Crippen LogP contribution in [0.15, 0.2) is 30.3 Å². The maximum absolute atomic E-state index is 12.6. The van der Waals surface area contributed by atoms with Crippen LogP contribution in [0.2, 0.25) is 0 Å². The molecule has 0 saturated carbocycles. The van der Waals surface area contributed by atoms with Gasteiger partial charge in [0.1, 0.15) is 5.69 Å². The molecule has 1 N–H and O–H groups in total. The normalized spacial score (nSPS) is 17.1. The Kier molecular flexibility index (Phi) is 6.97. The lowest BCUT2D eigenvalue weighted by Crippen LogP contribution is -2.18. The number of nitrogens with one attached hydrogen (secondary N) is 1. The number of benzene rings is 1. The highest BCUT2D eigenvalue weighted by molar-refractivity contribution is 7.91. The van der Waals surface area contributed by atoms with Crippen LogP contribution in [0.1, 0.15) is 40.6 Å². The molecular weight excluding hydrogens is 438 g/mol. The number of Topliss-reactive ketones (excluding diaryl/α,β-unsaturated/α-hetero) is 1. The number of nitrogens with zero attached hydrogens (tertiary/aromatic N) is 2. The minimum absolute atomic E-state index is 0.0541. The summed E-state index contributed by atoms with van der Waals surface area (Å²) in [7, 11) is -3.06. The minimum Gasteiger partial charge on any atom is -0.457 e. The number of rotatable bonds is 9. The van der Waals surface area contributed by atoms with Crippen LogP contribution in [0.3, 0.4) is 0 Å². The zero-order valence-electron chi connectivity index (χ0n) is 17.9. The first-order valence-corrected chi connectivity index (χ1v) is 12.0. The number of carbonyl (C=O) groups excluding carboxylic acids is 2. The summed E-state index contributed by atoms with van der Waals surface area (Å²) in [6.07, 6.45) is 0.437. The van der Waals surface area contributed by atoms with Crippen LogP contribution in [-0.2, 0) is 19.4 Å². The maximum atomic E-state index is 12.6. The molecule has 10 nitrogen and oxygen atoms in total. The van der Waals surface area contributed by atoms with Gasteiger partial charge in [-0.1, -0.05) is 12.1 Å². The van der Waals surface area contributed by atoms with E-state index in [-0.39, 0.29) is 42.0 Å². The number of ketones is 1. The first-order valence-electron chi connectivity index (χ1n) is 10.1. The van der Waals surface area contributed by atoms with Gasteiger partial charge in [-0.3, -0.25) is 19.7 Å². The molecule has 1 saturated heterocycles. The van der Waals surface area contributed by atoms with E-state index in [2.05, 4.69) is 5.32 Å². The molecule has 1 aliphatic heterocycles. The predicted octanol–water partition coefficient (Wildman–Crippen LogP) is 2.60. The van der Waals surface area contributed by atoms with Crippen LogP contribution in [-0.4, -0.2) is 54.3 Å². The van der Waals surface area contributed by atoms with Gasteiger partial charge in [0.15, 0.2) is 16.4 Å². The number of anilines is 1. The Morgan fingerprint density at radius 3 is 2.66 bits per heavy atom. The molecule has 2 heterocycles. The average Bonchev–Trinajstić information content (AvgIpc) is 3.24. The number of esters is 1. The van der Waals surface area contributed by atoms with Gasteiger partial charge in [0, 0.05) is 35.6 Å². The molecule has 32 heavy (non-hydrogen) atoms. The van der Waals surface area contributed by atoms with Crippen LogP contribution in [0.5, 0.6) is 0 Å². The van der Waals surface area contributed by atoms with Gasteiger partial charge in [0.25, 0.3) is 5.69 Å². The summed E-state index contributed by atoms with van der Waals surface area (Å²) in [5, 5.41) is 13.8. The van der Waals surface area contributed by atoms with E-state index in [4.69, 9.17) is 4.74 Å². The highest BCUT2D eigenvalue weighted by Gasteiger charge is 2.31. The molecule has 1 aromatic carbocycles.